The van der Waals surface area contributed by atoms with Crippen LogP contribution in [-0.4, -0.2) is 68.9 Å². The number of carbonyl (C=O) groups is 3. The van der Waals surface area contributed by atoms with Gasteiger partial charge in [-0.05, 0) is 57.0 Å². The number of piperazine rings is 1. The van der Waals surface area contributed by atoms with Crippen LogP contribution in [0, 0.1) is 18.3 Å². The van der Waals surface area contributed by atoms with Crippen LogP contribution < -0.4 is 15.5 Å². The zero-order valence-electron chi connectivity index (χ0n) is 25.3. The lowest BCUT2D eigenvalue weighted by molar-refractivity contribution is -0.139. The van der Waals surface area contributed by atoms with Crippen LogP contribution in [0.15, 0.2) is 71.2 Å². The first-order chi connectivity index (χ1) is 20.4. The first-order valence-electron chi connectivity index (χ1n) is 13.9. The van der Waals surface area contributed by atoms with E-state index in [2.05, 4.69) is 11.0 Å². The van der Waals surface area contributed by atoms with Crippen molar-refractivity contribution >= 4 is 29.4 Å². The van der Waals surface area contributed by atoms with Gasteiger partial charge in [0.1, 0.15) is 17.1 Å². The highest BCUT2D eigenvalue weighted by Gasteiger charge is 2.43. The number of nitrogens with zero attached hydrogens (tertiary/aromatic N) is 4. The maximum absolute atomic E-state index is 13.3. The lowest BCUT2D eigenvalue weighted by Gasteiger charge is -2.38. The third kappa shape index (κ3) is 6.28. The number of allylic oxidation sites excluding steroid dienone is 1. The molecular weight excluding hydrogens is 550 g/mol. The van der Waals surface area contributed by atoms with Gasteiger partial charge < -0.3 is 29.7 Å². The maximum atomic E-state index is 13.3. The van der Waals surface area contributed by atoms with E-state index in [-0.39, 0.29) is 28.8 Å². The van der Waals surface area contributed by atoms with Crippen molar-refractivity contribution in [3.8, 4) is 6.07 Å². The second kappa shape index (κ2) is 12.5. The quantitative estimate of drug-likeness (QED) is 0.404. The fourth-order valence-corrected chi connectivity index (χ4v) is 5.37. The molecule has 226 valence electrons. The Hall–Kier alpha value is -4.98. The Bertz CT molecular complexity index is 1510. The summed E-state index contributed by atoms with van der Waals surface area (Å²) in [5, 5.41) is 10.3. The summed E-state index contributed by atoms with van der Waals surface area (Å²) in [6.45, 7) is 9.64. The number of benzene rings is 2. The van der Waals surface area contributed by atoms with Gasteiger partial charge in [0.2, 0.25) is 0 Å². The van der Waals surface area contributed by atoms with Crippen LogP contribution in [0.25, 0.3) is 0 Å². The monoisotopic (exact) mass is 587 g/mol. The van der Waals surface area contributed by atoms with Crippen molar-refractivity contribution in [2.75, 3.05) is 50.2 Å². The van der Waals surface area contributed by atoms with Crippen molar-refractivity contribution in [1.29, 1.82) is 5.26 Å². The highest BCUT2D eigenvalue weighted by atomic mass is 16.6. The van der Waals surface area contributed by atoms with Gasteiger partial charge in [0.15, 0.2) is 0 Å². The molecule has 0 aromatic heterocycles. The van der Waals surface area contributed by atoms with Gasteiger partial charge in [-0.25, -0.2) is 14.4 Å². The van der Waals surface area contributed by atoms with E-state index in [4.69, 9.17) is 19.9 Å². The van der Waals surface area contributed by atoms with Gasteiger partial charge in [-0.3, -0.25) is 4.90 Å². The van der Waals surface area contributed by atoms with Crippen molar-refractivity contribution in [3.63, 3.8) is 0 Å². The highest BCUT2D eigenvalue weighted by Crippen LogP contribution is 2.43. The minimum absolute atomic E-state index is 0.00234. The normalized spacial score (nSPS) is 17.4. The van der Waals surface area contributed by atoms with E-state index in [1.807, 2.05) is 45.9 Å². The number of anilines is 2. The molecule has 43 heavy (non-hydrogen) atoms. The van der Waals surface area contributed by atoms with Crippen molar-refractivity contribution in [1.82, 2.24) is 4.90 Å². The number of ether oxygens (including phenoxy) is 3. The SMILES string of the molecule is COC(=O)C1=C(C(=O)OC)N(c2ccc(N3CCN(C(=O)OC(C)(C)C)CC3)c(C)c2)C(N)=C(C#N)C1c1ccccc1. The van der Waals surface area contributed by atoms with Crippen LogP contribution in [0.3, 0.4) is 0 Å². The summed E-state index contributed by atoms with van der Waals surface area (Å²) in [5.74, 6) is -2.52. The van der Waals surface area contributed by atoms with Crippen LogP contribution in [0.2, 0.25) is 0 Å². The Morgan fingerprint density at radius 2 is 1.58 bits per heavy atom. The van der Waals surface area contributed by atoms with Crippen molar-refractivity contribution < 1.29 is 28.6 Å². The molecule has 2 N–H and O–H groups in total. The number of methoxy groups -OCH3 is 2. The summed E-state index contributed by atoms with van der Waals surface area (Å²) in [4.78, 5) is 44.4. The van der Waals surface area contributed by atoms with Crippen molar-refractivity contribution in [3.05, 3.63) is 82.3 Å². The number of hydrogen-bond acceptors (Lipinski definition) is 10. The highest BCUT2D eigenvalue weighted by molar-refractivity contribution is 6.06. The van der Waals surface area contributed by atoms with Crippen molar-refractivity contribution in [2.24, 2.45) is 5.73 Å². The van der Waals surface area contributed by atoms with E-state index in [0.717, 1.165) is 11.3 Å². The molecule has 0 saturated carbocycles. The number of esters is 2. The Kier molecular flexibility index (Phi) is 8.99. The fourth-order valence-electron chi connectivity index (χ4n) is 5.37. The van der Waals surface area contributed by atoms with E-state index >= 15 is 0 Å². The van der Waals surface area contributed by atoms with Gasteiger partial charge in [0.25, 0.3) is 0 Å². The number of hydrogen-bond donors (Lipinski definition) is 1. The standard InChI is InChI=1S/C32H37N5O6/c1-20-18-22(12-13-24(20)35-14-16-36(17-15-35)31(40)43-32(2,3)4)37-27(30(39)42-6)26(29(38)41-5)25(23(19-33)28(37)34)21-10-8-7-9-11-21/h7-13,18,25H,14-17,34H2,1-6H3. The molecule has 11 nitrogen and oxygen atoms in total. The molecule has 1 atom stereocenters. The molecule has 1 amide bonds. The van der Waals surface area contributed by atoms with Gasteiger partial charge in [0, 0.05) is 37.6 Å². The van der Waals surface area contributed by atoms with Crippen LogP contribution in [0.1, 0.15) is 37.8 Å². The molecule has 0 aliphatic carbocycles. The zero-order chi connectivity index (χ0) is 31.5. The van der Waals surface area contributed by atoms with E-state index in [1.54, 1.807) is 35.2 Å². The van der Waals surface area contributed by atoms with Gasteiger partial charge in [-0.1, -0.05) is 30.3 Å². The summed E-state index contributed by atoms with van der Waals surface area (Å²) in [6.07, 6.45) is -0.336. The van der Waals surface area contributed by atoms with E-state index in [1.165, 1.54) is 19.1 Å². The largest absolute Gasteiger partial charge is 0.466 e. The third-order valence-electron chi connectivity index (χ3n) is 7.32. The van der Waals surface area contributed by atoms with Gasteiger partial charge in [0.05, 0.1) is 37.4 Å². The van der Waals surface area contributed by atoms with E-state index < -0.39 is 23.5 Å². The predicted molar refractivity (Wildman–Crippen MR) is 161 cm³/mol. The molecular formula is C32H37N5O6. The summed E-state index contributed by atoms with van der Waals surface area (Å²) < 4.78 is 15.7. The second-order valence-electron chi connectivity index (χ2n) is 11.3. The van der Waals surface area contributed by atoms with Crippen LogP contribution in [-0.2, 0) is 23.8 Å². The Balaban J connectivity index is 1.74. The molecule has 11 heteroatoms. The second-order valence-corrected chi connectivity index (χ2v) is 11.3. The summed E-state index contributed by atoms with van der Waals surface area (Å²) in [5.41, 5.74) is 8.84. The molecule has 2 aliphatic heterocycles. The molecule has 1 saturated heterocycles. The summed E-state index contributed by atoms with van der Waals surface area (Å²) in [7, 11) is 2.43. The number of nitrogens with two attached hydrogens (primary N) is 1. The molecule has 0 bridgehead atoms. The molecule has 1 fully saturated rings. The number of rotatable bonds is 5. The molecule has 2 heterocycles. The summed E-state index contributed by atoms with van der Waals surface area (Å²) >= 11 is 0. The number of nitriles is 1. The Morgan fingerprint density at radius 3 is 2.12 bits per heavy atom. The van der Waals surface area contributed by atoms with Crippen LogP contribution in [0.4, 0.5) is 16.2 Å². The average molecular weight is 588 g/mol. The maximum Gasteiger partial charge on any atom is 0.410 e. The van der Waals surface area contributed by atoms with Crippen LogP contribution in [0.5, 0.6) is 0 Å². The third-order valence-corrected chi connectivity index (χ3v) is 7.32. The first kappa shape index (κ1) is 31.0. The topological polar surface area (TPSA) is 138 Å². The number of aryl methyl sites for hydroxylation is 1. The lowest BCUT2D eigenvalue weighted by Crippen LogP contribution is -2.50. The average Bonchev–Trinajstić information content (AvgIpc) is 2.99. The molecule has 2 aromatic rings. The van der Waals surface area contributed by atoms with Gasteiger partial charge in [-0.15, -0.1) is 0 Å². The smallest absolute Gasteiger partial charge is 0.410 e. The molecule has 0 spiro atoms. The van der Waals surface area contributed by atoms with Crippen molar-refractivity contribution in [2.45, 2.75) is 39.2 Å². The molecule has 2 aromatic carbocycles. The molecule has 0 radical (unpaired) electrons. The predicted octanol–water partition coefficient (Wildman–Crippen LogP) is 3.95. The lowest BCUT2D eigenvalue weighted by atomic mass is 9.81. The van der Waals surface area contributed by atoms with Gasteiger partial charge >= 0.3 is 18.0 Å². The Morgan fingerprint density at radius 1 is 0.953 bits per heavy atom. The molecule has 1 unspecified atom stereocenters. The van der Waals surface area contributed by atoms with Crippen LogP contribution >= 0.6 is 0 Å². The number of carbonyl (C=O) groups excluding carboxylic acids is 3. The molecule has 4 rings (SSSR count). The van der Waals surface area contributed by atoms with E-state index in [0.29, 0.717) is 37.4 Å². The van der Waals surface area contributed by atoms with E-state index in [9.17, 15) is 19.6 Å². The fraction of sp³-hybridized carbons (Fsp3) is 0.375. The summed E-state index contributed by atoms with van der Waals surface area (Å²) in [6, 6.07) is 16.5. The van der Waals surface area contributed by atoms with Gasteiger partial charge in [-0.2, -0.15) is 5.26 Å². The minimum Gasteiger partial charge on any atom is -0.466 e. The zero-order valence-corrected chi connectivity index (χ0v) is 25.3. The first-order valence-corrected chi connectivity index (χ1v) is 13.9. The number of amides is 1. The Labute approximate surface area is 251 Å². The minimum atomic E-state index is -0.939. The molecule has 2 aliphatic rings.